The third-order valence-corrected chi connectivity index (χ3v) is 5.64. The third kappa shape index (κ3) is 4.38. The van der Waals surface area contributed by atoms with Crippen LogP contribution in [0.4, 0.5) is 28.9 Å². The number of thioether (sulfide) groups is 1. The van der Waals surface area contributed by atoms with Gasteiger partial charge in [0.15, 0.2) is 0 Å². The number of anilines is 2. The maximum absolute atomic E-state index is 13.3. The van der Waals surface area contributed by atoms with Crippen molar-refractivity contribution in [1.29, 1.82) is 0 Å². The van der Waals surface area contributed by atoms with E-state index in [0.717, 1.165) is 30.0 Å². The number of rotatable bonds is 5. The Morgan fingerprint density at radius 2 is 1.50 bits per heavy atom. The second kappa shape index (κ2) is 8.51. The second-order valence-electron chi connectivity index (χ2n) is 6.74. The summed E-state index contributed by atoms with van der Waals surface area (Å²) in [6.45, 7) is 0. The van der Waals surface area contributed by atoms with E-state index in [0.29, 0.717) is 15.5 Å². The molecule has 0 bridgehead atoms. The van der Waals surface area contributed by atoms with Crippen molar-refractivity contribution in [2.45, 2.75) is 11.1 Å². The van der Waals surface area contributed by atoms with Gasteiger partial charge in [-0.3, -0.25) is 9.59 Å². The Hall–Kier alpha value is -3.59. The van der Waals surface area contributed by atoms with Gasteiger partial charge in [-0.05, 0) is 54.6 Å². The van der Waals surface area contributed by atoms with Gasteiger partial charge in [-0.1, -0.05) is 36.0 Å². The Morgan fingerprint density at radius 3 is 2.16 bits per heavy atom. The molecule has 0 fully saturated rings. The number of alkyl halides is 3. The van der Waals surface area contributed by atoms with E-state index in [2.05, 4.69) is 5.32 Å². The SMILES string of the molecule is O=C1C(Nc2ccc(F)cc2)=C(Sc2ccccc2)C(=O)N1c1cccc(C(F)(F)F)c1. The van der Waals surface area contributed by atoms with Gasteiger partial charge in [-0.15, -0.1) is 0 Å². The lowest BCUT2D eigenvalue weighted by Crippen LogP contribution is -2.32. The number of amides is 2. The predicted molar refractivity (Wildman–Crippen MR) is 113 cm³/mol. The summed E-state index contributed by atoms with van der Waals surface area (Å²) in [5.41, 5.74) is -0.933. The zero-order chi connectivity index (χ0) is 22.9. The third-order valence-electron chi connectivity index (χ3n) is 4.55. The van der Waals surface area contributed by atoms with Crippen LogP contribution in [-0.2, 0) is 15.8 Å². The maximum Gasteiger partial charge on any atom is 0.416 e. The fourth-order valence-corrected chi connectivity index (χ4v) is 4.00. The zero-order valence-electron chi connectivity index (χ0n) is 16.2. The van der Waals surface area contributed by atoms with E-state index < -0.39 is 29.4 Å². The van der Waals surface area contributed by atoms with Crippen molar-refractivity contribution in [3.05, 3.63) is 101 Å². The molecule has 3 aromatic rings. The zero-order valence-corrected chi connectivity index (χ0v) is 17.0. The molecule has 1 heterocycles. The first-order chi connectivity index (χ1) is 15.2. The van der Waals surface area contributed by atoms with E-state index in [1.807, 2.05) is 0 Å². The molecular formula is C23H14F4N2O2S. The Bertz CT molecular complexity index is 1210. The minimum Gasteiger partial charge on any atom is -0.350 e. The van der Waals surface area contributed by atoms with E-state index in [1.165, 1.54) is 30.3 Å². The van der Waals surface area contributed by atoms with Gasteiger partial charge in [-0.25, -0.2) is 9.29 Å². The summed E-state index contributed by atoms with van der Waals surface area (Å²) in [4.78, 5) is 27.7. The van der Waals surface area contributed by atoms with Gasteiger partial charge < -0.3 is 5.32 Å². The number of carbonyl (C=O) groups excluding carboxylic acids is 2. The van der Waals surface area contributed by atoms with Gasteiger partial charge >= 0.3 is 6.18 Å². The molecule has 4 nitrogen and oxygen atoms in total. The summed E-state index contributed by atoms with van der Waals surface area (Å²) in [5.74, 6) is -2.05. The molecule has 1 aliphatic heterocycles. The topological polar surface area (TPSA) is 49.4 Å². The van der Waals surface area contributed by atoms with Gasteiger partial charge in [0, 0.05) is 10.6 Å². The predicted octanol–water partition coefficient (Wildman–Crippen LogP) is 5.83. The van der Waals surface area contributed by atoms with Gasteiger partial charge in [0.05, 0.1) is 11.3 Å². The van der Waals surface area contributed by atoms with Crippen LogP contribution in [-0.4, -0.2) is 11.8 Å². The number of imide groups is 1. The lowest BCUT2D eigenvalue weighted by atomic mass is 10.2. The number of benzene rings is 3. The molecule has 1 aliphatic rings. The van der Waals surface area contributed by atoms with E-state index in [1.54, 1.807) is 30.3 Å². The Balaban J connectivity index is 1.75. The van der Waals surface area contributed by atoms with Crippen LogP contribution in [0.1, 0.15) is 5.56 Å². The molecule has 0 spiro atoms. The average Bonchev–Trinajstić information content (AvgIpc) is 2.99. The molecule has 162 valence electrons. The fraction of sp³-hybridized carbons (Fsp3) is 0.0435. The summed E-state index contributed by atoms with van der Waals surface area (Å²) in [7, 11) is 0. The molecule has 0 saturated carbocycles. The number of hydrogen-bond acceptors (Lipinski definition) is 4. The first-order valence-corrected chi connectivity index (χ1v) is 10.1. The highest BCUT2D eigenvalue weighted by molar-refractivity contribution is 8.04. The van der Waals surface area contributed by atoms with E-state index in [4.69, 9.17) is 0 Å². The van der Waals surface area contributed by atoms with Crippen molar-refractivity contribution in [3.63, 3.8) is 0 Å². The summed E-state index contributed by atoms with van der Waals surface area (Å²) in [6, 6.07) is 17.9. The van der Waals surface area contributed by atoms with Crippen molar-refractivity contribution in [3.8, 4) is 0 Å². The van der Waals surface area contributed by atoms with Crippen LogP contribution in [0.3, 0.4) is 0 Å². The number of nitrogens with one attached hydrogen (secondary N) is 1. The van der Waals surface area contributed by atoms with Crippen molar-refractivity contribution in [2.24, 2.45) is 0 Å². The van der Waals surface area contributed by atoms with Crippen molar-refractivity contribution < 1.29 is 27.2 Å². The first kappa shape index (κ1) is 21.6. The maximum atomic E-state index is 13.3. The number of hydrogen-bond donors (Lipinski definition) is 1. The van der Waals surface area contributed by atoms with Crippen LogP contribution in [0, 0.1) is 5.82 Å². The van der Waals surface area contributed by atoms with Crippen LogP contribution < -0.4 is 10.2 Å². The quantitative estimate of drug-likeness (QED) is 0.386. The lowest BCUT2D eigenvalue weighted by Gasteiger charge is -2.17. The lowest BCUT2D eigenvalue weighted by molar-refractivity contribution is -0.137. The van der Waals surface area contributed by atoms with Gasteiger partial charge in [0.2, 0.25) is 0 Å². The molecule has 0 aromatic heterocycles. The number of nitrogens with zero attached hydrogens (tertiary/aromatic N) is 1. The minimum atomic E-state index is -4.63. The second-order valence-corrected chi connectivity index (χ2v) is 7.83. The van der Waals surface area contributed by atoms with Crippen LogP contribution in [0.25, 0.3) is 0 Å². The molecule has 4 rings (SSSR count). The molecule has 32 heavy (non-hydrogen) atoms. The highest BCUT2D eigenvalue weighted by Gasteiger charge is 2.41. The van der Waals surface area contributed by atoms with Crippen LogP contribution >= 0.6 is 11.8 Å². The number of halogens is 4. The van der Waals surface area contributed by atoms with Crippen LogP contribution in [0.15, 0.2) is 94.4 Å². The normalized spacial score (nSPS) is 14.3. The van der Waals surface area contributed by atoms with Crippen LogP contribution in [0.5, 0.6) is 0 Å². The highest BCUT2D eigenvalue weighted by atomic mass is 32.2. The molecule has 2 amide bonds. The van der Waals surface area contributed by atoms with E-state index in [9.17, 15) is 27.2 Å². The minimum absolute atomic E-state index is 0.0166. The molecule has 3 aromatic carbocycles. The van der Waals surface area contributed by atoms with Gasteiger partial charge in [-0.2, -0.15) is 13.2 Å². The smallest absolute Gasteiger partial charge is 0.350 e. The van der Waals surface area contributed by atoms with Crippen LogP contribution in [0.2, 0.25) is 0 Å². The van der Waals surface area contributed by atoms with E-state index >= 15 is 0 Å². The molecule has 0 atom stereocenters. The summed E-state index contributed by atoms with van der Waals surface area (Å²) < 4.78 is 52.7. The highest BCUT2D eigenvalue weighted by Crippen LogP contribution is 2.39. The Labute approximate surface area is 184 Å². The summed E-state index contributed by atoms with van der Waals surface area (Å²) in [6.07, 6.45) is -4.63. The molecule has 1 N–H and O–H groups in total. The van der Waals surface area contributed by atoms with E-state index in [-0.39, 0.29) is 16.3 Å². The largest absolute Gasteiger partial charge is 0.416 e. The van der Waals surface area contributed by atoms with Gasteiger partial charge in [0.25, 0.3) is 11.8 Å². The molecule has 0 radical (unpaired) electrons. The van der Waals surface area contributed by atoms with Gasteiger partial charge in [0.1, 0.15) is 16.4 Å². The average molecular weight is 458 g/mol. The van der Waals surface area contributed by atoms with Crippen molar-refractivity contribution in [2.75, 3.05) is 10.2 Å². The summed E-state index contributed by atoms with van der Waals surface area (Å²) >= 11 is 1.01. The fourth-order valence-electron chi connectivity index (χ4n) is 3.05. The van der Waals surface area contributed by atoms with Crippen molar-refractivity contribution >= 4 is 35.0 Å². The molecule has 9 heteroatoms. The first-order valence-electron chi connectivity index (χ1n) is 9.30. The Kier molecular flexibility index (Phi) is 5.75. The standard InChI is InChI=1S/C23H14F4N2O2S/c24-15-9-11-16(12-10-15)28-19-20(32-18-7-2-1-3-8-18)22(31)29(21(19)30)17-6-4-5-14(13-17)23(25,26)27/h1-13,28H. The molecular weight excluding hydrogens is 444 g/mol. The monoisotopic (exact) mass is 458 g/mol. The molecule has 0 saturated heterocycles. The van der Waals surface area contributed by atoms with Crippen molar-refractivity contribution in [1.82, 2.24) is 0 Å². The molecule has 0 aliphatic carbocycles. The Morgan fingerprint density at radius 1 is 0.812 bits per heavy atom. The molecule has 0 unspecified atom stereocenters. The summed E-state index contributed by atoms with van der Waals surface area (Å²) in [5, 5.41) is 2.82. The number of carbonyl (C=O) groups is 2.